The third-order valence-corrected chi connectivity index (χ3v) is 7.32. The first-order valence-corrected chi connectivity index (χ1v) is 13.5. The number of unbranched alkanes of at least 4 members (excludes halogenated alkanes) is 2. The van der Waals surface area contributed by atoms with Gasteiger partial charge in [0.05, 0.1) is 11.0 Å². The van der Waals surface area contributed by atoms with E-state index in [1.54, 1.807) is 0 Å². The number of carbonyl (C=O) groups is 1. The SMILES string of the molecule is Cc1ccc(C)c(OCC(=O)NCCCCCc2nc3ccccc3n2CCC2CCCCC2)c1. The highest BCUT2D eigenvalue weighted by atomic mass is 16.5. The van der Waals surface area contributed by atoms with Crippen molar-refractivity contribution in [3.63, 3.8) is 0 Å². The highest BCUT2D eigenvalue weighted by Gasteiger charge is 2.16. The summed E-state index contributed by atoms with van der Waals surface area (Å²) >= 11 is 0. The Morgan fingerprint density at radius 2 is 1.89 bits per heavy atom. The van der Waals surface area contributed by atoms with Crippen molar-refractivity contribution >= 4 is 16.9 Å². The van der Waals surface area contributed by atoms with Crippen LogP contribution in [0.15, 0.2) is 42.5 Å². The average molecular weight is 476 g/mol. The van der Waals surface area contributed by atoms with Crippen LogP contribution >= 0.6 is 0 Å². The van der Waals surface area contributed by atoms with Crippen molar-refractivity contribution in [1.29, 1.82) is 0 Å². The van der Waals surface area contributed by atoms with Crippen molar-refractivity contribution < 1.29 is 9.53 Å². The van der Waals surface area contributed by atoms with Gasteiger partial charge in [0.25, 0.3) is 5.91 Å². The van der Waals surface area contributed by atoms with E-state index in [2.05, 4.69) is 34.1 Å². The molecule has 5 nitrogen and oxygen atoms in total. The minimum atomic E-state index is -0.0598. The second-order valence-electron chi connectivity index (χ2n) is 10.2. The highest BCUT2D eigenvalue weighted by molar-refractivity contribution is 5.77. The number of hydrogen-bond donors (Lipinski definition) is 1. The Morgan fingerprint density at radius 3 is 2.74 bits per heavy atom. The van der Waals surface area contributed by atoms with Crippen LogP contribution in [0.4, 0.5) is 0 Å². The predicted octanol–water partition coefficient (Wildman–Crippen LogP) is 6.53. The number of hydrogen-bond acceptors (Lipinski definition) is 3. The molecule has 3 aromatic rings. The summed E-state index contributed by atoms with van der Waals surface area (Å²) in [6.07, 6.45) is 12.4. The second kappa shape index (κ2) is 12.8. The van der Waals surface area contributed by atoms with Crippen molar-refractivity contribution in [3.8, 4) is 5.75 Å². The van der Waals surface area contributed by atoms with Gasteiger partial charge in [-0.25, -0.2) is 4.98 Å². The summed E-state index contributed by atoms with van der Waals surface area (Å²) in [6.45, 7) is 5.86. The van der Waals surface area contributed by atoms with Gasteiger partial charge in [-0.15, -0.1) is 0 Å². The van der Waals surface area contributed by atoms with Gasteiger partial charge in [-0.1, -0.05) is 62.8 Å². The molecule has 1 amide bonds. The quantitative estimate of drug-likeness (QED) is 0.303. The molecule has 4 rings (SSSR count). The van der Waals surface area contributed by atoms with E-state index in [1.807, 2.05) is 32.0 Å². The summed E-state index contributed by atoms with van der Waals surface area (Å²) in [5, 5.41) is 2.99. The van der Waals surface area contributed by atoms with Gasteiger partial charge in [-0.3, -0.25) is 4.79 Å². The number of rotatable bonds is 12. The van der Waals surface area contributed by atoms with Crippen LogP contribution in [0.25, 0.3) is 11.0 Å². The van der Waals surface area contributed by atoms with E-state index >= 15 is 0 Å². The third kappa shape index (κ3) is 7.33. The monoisotopic (exact) mass is 475 g/mol. The highest BCUT2D eigenvalue weighted by Crippen LogP contribution is 2.28. The topological polar surface area (TPSA) is 56.1 Å². The number of carbonyl (C=O) groups excluding carboxylic acids is 1. The Kier molecular flexibility index (Phi) is 9.21. The molecule has 0 bridgehead atoms. The van der Waals surface area contributed by atoms with Crippen molar-refractivity contribution in [2.75, 3.05) is 13.2 Å². The van der Waals surface area contributed by atoms with Crippen LogP contribution in [0.1, 0.15) is 74.7 Å². The molecule has 0 radical (unpaired) electrons. The van der Waals surface area contributed by atoms with Crippen LogP contribution in [-0.4, -0.2) is 28.6 Å². The lowest BCUT2D eigenvalue weighted by Crippen LogP contribution is -2.29. The number of nitrogens with zero attached hydrogens (tertiary/aromatic N) is 2. The van der Waals surface area contributed by atoms with Crippen molar-refractivity contribution in [3.05, 3.63) is 59.4 Å². The Morgan fingerprint density at radius 1 is 1.06 bits per heavy atom. The van der Waals surface area contributed by atoms with E-state index in [0.717, 1.165) is 60.5 Å². The van der Waals surface area contributed by atoms with Gasteiger partial charge in [-0.2, -0.15) is 0 Å². The number of aryl methyl sites for hydroxylation is 4. The molecule has 1 heterocycles. The third-order valence-electron chi connectivity index (χ3n) is 7.32. The maximum Gasteiger partial charge on any atom is 0.257 e. The van der Waals surface area contributed by atoms with Crippen molar-refractivity contribution in [1.82, 2.24) is 14.9 Å². The number of fused-ring (bicyclic) bond motifs is 1. The molecule has 35 heavy (non-hydrogen) atoms. The van der Waals surface area contributed by atoms with Gasteiger partial charge >= 0.3 is 0 Å². The van der Waals surface area contributed by atoms with Crippen molar-refractivity contribution in [2.45, 2.75) is 84.6 Å². The molecule has 1 aliphatic carbocycles. The lowest BCUT2D eigenvalue weighted by Gasteiger charge is -2.22. The Bertz CT molecular complexity index is 1100. The predicted molar refractivity (Wildman–Crippen MR) is 143 cm³/mol. The normalized spacial score (nSPS) is 14.3. The van der Waals surface area contributed by atoms with Gasteiger partial charge in [0, 0.05) is 19.5 Å². The molecular weight excluding hydrogens is 434 g/mol. The number of amides is 1. The Labute approximate surface area is 210 Å². The molecular formula is C30H41N3O2. The fourth-order valence-electron chi connectivity index (χ4n) is 5.22. The zero-order valence-corrected chi connectivity index (χ0v) is 21.5. The molecule has 2 aromatic carbocycles. The fourth-order valence-corrected chi connectivity index (χ4v) is 5.22. The van der Waals surface area contributed by atoms with Gasteiger partial charge < -0.3 is 14.6 Å². The van der Waals surface area contributed by atoms with Gasteiger partial charge in [0.1, 0.15) is 11.6 Å². The summed E-state index contributed by atoms with van der Waals surface area (Å²) in [6, 6.07) is 14.6. The smallest absolute Gasteiger partial charge is 0.257 e. The summed E-state index contributed by atoms with van der Waals surface area (Å²) in [4.78, 5) is 17.1. The Hall–Kier alpha value is -2.82. The molecule has 5 heteroatoms. The zero-order valence-electron chi connectivity index (χ0n) is 21.5. The lowest BCUT2D eigenvalue weighted by atomic mass is 9.87. The van der Waals surface area contributed by atoms with E-state index in [0.29, 0.717) is 6.54 Å². The molecule has 188 valence electrons. The van der Waals surface area contributed by atoms with Crippen molar-refractivity contribution in [2.24, 2.45) is 5.92 Å². The van der Waals surface area contributed by atoms with E-state index in [1.165, 1.54) is 49.9 Å². The molecule has 1 aromatic heterocycles. The summed E-state index contributed by atoms with van der Waals surface area (Å²) in [5.41, 5.74) is 4.57. The van der Waals surface area contributed by atoms with Crippen LogP contribution in [0.3, 0.4) is 0 Å². The molecule has 1 fully saturated rings. The maximum absolute atomic E-state index is 12.2. The number of nitrogens with one attached hydrogen (secondary N) is 1. The van der Waals surface area contributed by atoms with Crippen LogP contribution < -0.4 is 10.1 Å². The summed E-state index contributed by atoms with van der Waals surface area (Å²) < 4.78 is 8.17. The molecule has 0 spiro atoms. The number of para-hydroxylation sites is 2. The second-order valence-corrected chi connectivity index (χ2v) is 10.2. The number of aromatic nitrogens is 2. The molecule has 0 unspecified atom stereocenters. The van der Waals surface area contributed by atoms with Crippen LogP contribution in [-0.2, 0) is 17.8 Å². The van der Waals surface area contributed by atoms with Gasteiger partial charge in [-0.05, 0) is 68.4 Å². The number of imidazole rings is 1. The average Bonchev–Trinajstić information content (AvgIpc) is 3.23. The zero-order chi connectivity index (χ0) is 24.5. The van der Waals surface area contributed by atoms with Gasteiger partial charge in [0.15, 0.2) is 6.61 Å². The minimum Gasteiger partial charge on any atom is -0.483 e. The van der Waals surface area contributed by atoms with E-state index < -0.39 is 0 Å². The van der Waals surface area contributed by atoms with E-state index in [4.69, 9.17) is 9.72 Å². The van der Waals surface area contributed by atoms with E-state index in [9.17, 15) is 4.79 Å². The molecule has 1 N–H and O–H groups in total. The first-order valence-electron chi connectivity index (χ1n) is 13.5. The molecule has 1 aliphatic rings. The largest absolute Gasteiger partial charge is 0.483 e. The van der Waals surface area contributed by atoms with Crippen LogP contribution in [0, 0.1) is 19.8 Å². The first-order chi connectivity index (χ1) is 17.1. The standard InChI is InChI=1S/C30H41N3O2/c1-23-16-17-24(2)28(21-23)35-22-30(34)31-19-10-4-7-15-29-32-26-13-8-9-14-27(26)33(29)20-18-25-11-5-3-6-12-25/h8-9,13-14,16-17,21,25H,3-7,10-12,15,18-20,22H2,1-2H3,(H,31,34). The van der Waals surface area contributed by atoms with Crippen LogP contribution in [0.5, 0.6) is 5.75 Å². The van der Waals surface area contributed by atoms with Gasteiger partial charge in [0.2, 0.25) is 0 Å². The number of benzene rings is 2. The molecule has 1 saturated carbocycles. The minimum absolute atomic E-state index is 0.0598. The molecule has 0 saturated heterocycles. The number of ether oxygens (including phenoxy) is 1. The molecule has 0 aliphatic heterocycles. The first kappa shape index (κ1) is 25.3. The molecule has 0 atom stereocenters. The fraction of sp³-hybridized carbons (Fsp3) is 0.533. The maximum atomic E-state index is 12.2. The van der Waals surface area contributed by atoms with Crippen LogP contribution in [0.2, 0.25) is 0 Å². The Balaban J connectivity index is 1.19. The van der Waals surface area contributed by atoms with E-state index in [-0.39, 0.29) is 12.5 Å². The summed E-state index contributed by atoms with van der Waals surface area (Å²) in [5.74, 6) is 2.81. The summed E-state index contributed by atoms with van der Waals surface area (Å²) in [7, 11) is 0. The lowest BCUT2D eigenvalue weighted by molar-refractivity contribution is -0.123.